The Bertz CT molecular complexity index is 588. The zero-order valence-corrected chi connectivity index (χ0v) is 11.9. The summed E-state index contributed by atoms with van der Waals surface area (Å²) < 4.78 is 44.7. The molecule has 0 saturated heterocycles. The highest BCUT2D eigenvalue weighted by atomic mass is 32.2. The van der Waals surface area contributed by atoms with Crippen molar-refractivity contribution in [2.24, 2.45) is 0 Å². The Morgan fingerprint density at radius 2 is 2.10 bits per heavy atom. The maximum absolute atomic E-state index is 13.3. The number of halogens is 1. The first kappa shape index (κ1) is 16.5. The molecule has 1 aromatic carbocycles. The number of hydrogen-bond acceptors (Lipinski definition) is 4. The highest BCUT2D eigenvalue weighted by molar-refractivity contribution is 7.89. The third-order valence-corrected chi connectivity index (χ3v) is 4.11. The van der Waals surface area contributed by atoms with Crippen LogP contribution in [0.5, 0.6) is 0 Å². The standard InChI is InChI=1S/C12H16FNO5S/c1-3-10(7-19-2)14-20(17,18)11-5-8(12(15)16)4-9(13)6-11/h4-6,10,14H,3,7H2,1-2H3,(H,15,16)/t10-/m0/s1. The van der Waals surface area contributed by atoms with Gasteiger partial charge in [0, 0.05) is 13.2 Å². The van der Waals surface area contributed by atoms with Gasteiger partial charge in [-0.3, -0.25) is 0 Å². The Morgan fingerprint density at radius 3 is 2.60 bits per heavy atom. The molecule has 1 atom stereocenters. The van der Waals surface area contributed by atoms with Gasteiger partial charge in [-0.15, -0.1) is 0 Å². The summed E-state index contributed by atoms with van der Waals surface area (Å²) in [5, 5.41) is 8.81. The number of carboxylic acid groups (broad SMARTS) is 1. The number of aromatic carboxylic acids is 1. The highest BCUT2D eigenvalue weighted by Gasteiger charge is 2.21. The van der Waals surface area contributed by atoms with E-state index in [1.807, 2.05) is 0 Å². The molecule has 0 aliphatic carbocycles. The smallest absolute Gasteiger partial charge is 0.335 e. The van der Waals surface area contributed by atoms with Gasteiger partial charge in [-0.1, -0.05) is 6.92 Å². The van der Waals surface area contributed by atoms with Gasteiger partial charge in [0.05, 0.1) is 17.1 Å². The number of sulfonamides is 1. The van der Waals surface area contributed by atoms with E-state index >= 15 is 0 Å². The van der Waals surface area contributed by atoms with Gasteiger partial charge in [0.25, 0.3) is 0 Å². The second kappa shape index (κ2) is 6.78. The van der Waals surface area contributed by atoms with Crippen molar-refractivity contribution < 1.29 is 27.4 Å². The molecule has 1 aromatic rings. The Morgan fingerprint density at radius 1 is 1.45 bits per heavy atom. The van der Waals surface area contributed by atoms with Gasteiger partial charge >= 0.3 is 5.97 Å². The lowest BCUT2D eigenvalue weighted by Gasteiger charge is -2.16. The van der Waals surface area contributed by atoms with Crippen LogP contribution in [-0.2, 0) is 14.8 Å². The summed E-state index contributed by atoms with van der Waals surface area (Å²) in [5.74, 6) is -2.32. The van der Waals surface area contributed by atoms with Crippen molar-refractivity contribution in [1.29, 1.82) is 0 Å². The van der Waals surface area contributed by atoms with Gasteiger partial charge in [-0.2, -0.15) is 0 Å². The van der Waals surface area contributed by atoms with Gasteiger partial charge < -0.3 is 9.84 Å². The third-order valence-electron chi connectivity index (χ3n) is 2.61. The van der Waals surface area contributed by atoms with Crippen molar-refractivity contribution in [3.8, 4) is 0 Å². The third kappa shape index (κ3) is 4.26. The highest BCUT2D eigenvalue weighted by Crippen LogP contribution is 2.15. The molecule has 20 heavy (non-hydrogen) atoms. The summed E-state index contributed by atoms with van der Waals surface area (Å²) in [4.78, 5) is 10.4. The van der Waals surface area contributed by atoms with Crippen LogP contribution < -0.4 is 4.72 Å². The molecule has 1 rings (SSSR count). The number of benzene rings is 1. The minimum atomic E-state index is -4.01. The molecule has 0 bridgehead atoms. The average molecular weight is 305 g/mol. The van der Waals surface area contributed by atoms with Gasteiger partial charge in [0.15, 0.2) is 0 Å². The van der Waals surface area contributed by atoms with E-state index in [-0.39, 0.29) is 6.61 Å². The van der Waals surface area contributed by atoms with Crippen molar-refractivity contribution in [3.05, 3.63) is 29.6 Å². The van der Waals surface area contributed by atoms with E-state index < -0.39 is 38.3 Å². The van der Waals surface area contributed by atoms with Crippen LogP contribution in [0.25, 0.3) is 0 Å². The van der Waals surface area contributed by atoms with Crippen LogP contribution in [0.4, 0.5) is 4.39 Å². The van der Waals surface area contributed by atoms with Crippen LogP contribution in [-0.4, -0.2) is 39.3 Å². The fourth-order valence-corrected chi connectivity index (χ4v) is 2.92. The summed E-state index contributed by atoms with van der Waals surface area (Å²) in [5.41, 5.74) is -0.426. The van der Waals surface area contributed by atoms with Gasteiger partial charge in [0.2, 0.25) is 10.0 Å². The average Bonchev–Trinajstić information content (AvgIpc) is 2.37. The molecule has 0 unspecified atom stereocenters. The number of ether oxygens (including phenoxy) is 1. The SMILES string of the molecule is CC[C@@H](COC)NS(=O)(=O)c1cc(F)cc(C(=O)O)c1. The lowest BCUT2D eigenvalue weighted by molar-refractivity contribution is 0.0696. The second-order valence-electron chi connectivity index (χ2n) is 4.16. The first-order valence-electron chi connectivity index (χ1n) is 5.85. The molecule has 0 heterocycles. The number of rotatable bonds is 7. The maximum Gasteiger partial charge on any atom is 0.335 e. The van der Waals surface area contributed by atoms with Gasteiger partial charge in [-0.25, -0.2) is 22.3 Å². The van der Waals surface area contributed by atoms with Crippen molar-refractivity contribution in [1.82, 2.24) is 4.72 Å². The first-order chi connectivity index (χ1) is 9.30. The fraction of sp³-hybridized carbons (Fsp3) is 0.417. The molecule has 0 aromatic heterocycles. The number of carbonyl (C=O) groups is 1. The Kier molecular flexibility index (Phi) is 5.61. The fourth-order valence-electron chi connectivity index (χ4n) is 1.57. The molecular formula is C12H16FNO5S. The normalized spacial score (nSPS) is 13.2. The predicted molar refractivity (Wildman–Crippen MR) is 69.6 cm³/mol. The summed E-state index contributed by atoms with van der Waals surface area (Å²) >= 11 is 0. The van der Waals surface area contributed by atoms with E-state index in [2.05, 4.69) is 4.72 Å². The minimum absolute atomic E-state index is 0.164. The maximum atomic E-state index is 13.3. The lowest BCUT2D eigenvalue weighted by Crippen LogP contribution is -2.37. The molecule has 0 radical (unpaired) electrons. The molecule has 2 N–H and O–H groups in total. The van der Waals surface area contributed by atoms with Crippen LogP contribution in [0.15, 0.2) is 23.1 Å². The Balaban J connectivity index is 3.12. The van der Waals surface area contributed by atoms with Gasteiger partial charge in [0.1, 0.15) is 5.82 Å². The molecule has 6 nitrogen and oxygen atoms in total. The summed E-state index contributed by atoms with van der Waals surface area (Å²) in [6.45, 7) is 1.93. The summed E-state index contributed by atoms with van der Waals surface area (Å²) in [6, 6.07) is 1.97. The quantitative estimate of drug-likeness (QED) is 0.790. The number of carboxylic acids is 1. The van der Waals surface area contributed by atoms with E-state index in [1.54, 1.807) is 6.92 Å². The van der Waals surface area contributed by atoms with E-state index in [4.69, 9.17) is 9.84 Å². The molecule has 0 aliphatic heterocycles. The molecule has 0 amide bonds. The largest absolute Gasteiger partial charge is 0.478 e. The van der Waals surface area contributed by atoms with Gasteiger partial charge in [-0.05, 0) is 24.6 Å². The summed E-state index contributed by atoms with van der Waals surface area (Å²) in [6.07, 6.45) is 0.480. The predicted octanol–water partition coefficient (Wildman–Crippen LogP) is 1.23. The molecule has 0 spiro atoms. The van der Waals surface area contributed by atoms with Crippen LogP contribution in [0.1, 0.15) is 23.7 Å². The molecule has 0 aliphatic rings. The number of nitrogens with one attached hydrogen (secondary N) is 1. The zero-order chi connectivity index (χ0) is 15.3. The van der Waals surface area contributed by atoms with E-state index in [0.29, 0.717) is 6.42 Å². The van der Waals surface area contributed by atoms with Crippen LogP contribution in [0.2, 0.25) is 0 Å². The van der Waals surface area contributed by atoms with Crippen LogP contribution in [0, 0.1) is 5.82 Å². The van der Waals surface area contributed by atoms with Crippen LogP contribution in [0.3, 0.4) is 0 Å². The molecule has 0 fully saturated rings. The molecular weight excluding hydrogens is 289 g/mol. The lowest BCUT2D eigenvalue weighted by atomic mass is 10.2. The summed E-state index contributed by atoms with van der Waals surface area (Å²) in [7, 11) is -2.57. The van der Waals surface area contributed by atoms with Crippen LogP contribution >= 0.6 is 0 Å². The second-order valence-corrected chi connectivity index (χ2v) is 5.88. The van der Waals surface area contributed by atoms with Crippen molar-refractivity contribution in [2.75, 3.05) is 13.7 Å². The first-order valence-corrected chi connectivity index (χ1v) is 7.33. The topological polar surface area (TPSA) is 92.7 Å². The monoisotopic (exact) mass is 305 g/mol. The van der Waals surface area contributed by atoms with E-state index in [9.17, 15) is 17.6 Å². The molecule has 112 valence electrons. The van der Waals surface area contributed by atoms with Crippen molar-refractivity contribution >= 4 is 16.0 Å². The van der Waals surface area contributed by atoms with Crippen molar-refractivity contribution in [2.45, 2.75) is 24.3 Å². The minimum Gasteiger partial charge on any atom is -0.478 e. The van der Waals surface area contributed by atoms with Crippen molar-refractivity contribution in [3.63, 3.8) is 0 Å². The Hall–Kier alpha value is -1.51. The Labute approximate surface area is 116 Å². The molecule has 8 heteroatoms. The van der Waals surface area contributed by atoms with E-state index in [1.165, 1.54) is 7.11 Å². The number of hydrogen-bond donors (Lipinski definition) is 2. The number of methoxy groups -OCH3 is 1. The van der Waals surface area contributed by atoms with E-state index in [0.717, 1.165) is 18.2 Å². The zero-order valence-electron chi connectivity index (χ0n) is 11.1. The molecule has 0 saturated carbocycles.